The van der Waals surface area contributed by atoms with E-state index in [9.17, 15) is 4.79 Å². The van der Waals surface area contributed by atoms with Crippen LogP contribution in [-0.4, -0.2) is 28.3 Å². The first-order chi connectivity index (χ1) is 12.7. The summed E-state index contributed by atoms with van der Waals surface area (Å²) in [6, 6.07) is 13.5. The Morgan fingerprint density at radius 2 is 1.81 bits per heavy atom. The van der Waals surface area contributed by atoms with Crippen molar-refractivity contribution in [3.8, 4) is 11.3 Å². The number of aromatic nitrogens is 3. The molecule has 0 radical (unpaired) electrons. The van der Waals surface area contributed by atoms with Gasteiger partial charge in [0.25, 0.3) is 5.91 Å². The van der Waals surface area contributed by atoms with Crippen LogP contribution in [0.4, 0.5) is 5.82 Å². The molecule has 26 heavy (non-hydrogen) atoms. The Bertz CT molecular complexity index is 903. The van der Waals surface area contributed by atoms with E-state index in [1.54, 1.807) is 13.1 Å². The van der Waals surface area contributed by atoms with E-state index < -0.39 is 0 Å². The molecule has 0 bridgehead atoms. The number of fused-ring (bicyclic) bond motifs is 1. The van der Waals surface area contributed by atoms with Gasteiger partial charge in [-0.05, 0) is 31.4 Å². The predicted octanol–water partition coefficient (Wildman–Crippen LogP) is 3.68. The van der Waals surface area contributed by atoms with Gasteiger partial charge in [-0.2, -0.15) is 0 Å². The molecule has 0 atom stereocenters. The van der Waals surface area contributed by atoms with E-state index in [0.717, 1.165) is 54.7 Å². The molecule has 0 N–H and O–H groups in total. The third-order valence-corrected chi connectivity index (χ3v) is 4.77. The summed E-state index contributed by atoms with van der Waals surface area (Å²) in [6.07, 6.45) is 4.99. The molecule has 1 aromatic carbocycles. The van der Waals surface area contributed by atoms with E-state index in [-0.39, 0.29) is 5.91 Å². The van der Waals surface area contributed by atoms with E-state index in [4.69, 9.17) is 4.52 Å². The fourth-order valence-electron chi connectivity index (χ4n) is 3.26. The van der Waals surface area contributed by atoms with Crippen LogP contribution in [0.1, 0.15) is 41.1 Å². The Kier molecular flexibility index (Phi) is 4.48. The summed E-state index contributed by atoms with van der Waals surface area (Å²) in [5.41, 5.74) is 3.11. The van der Waals surface area contributed by atoms with Gasteiger partial charge < -0.3 is 4.52 Å². The Labute approximate surface area is 151 Å². The molecule has 3 aromatic rings. The molecule has 0 unspecified atom stereocenters. The molecule has 4 rings (SSSR count). The van der Waals surface area contributed by atoms with Gasteiger partial charge in [0.1, 0.15) is 5.76 Å². The summed E-state index contributed by atoms with van der Waals surface area (Å²) < 4.78 is 5.42. The smallest absolute Gasteiger partial charge is 0.281 e. The molecule has 2 heterocycles. The standard InChI is InChI=1S/C20H20N4O2/c1-24(18-13-12-16(21-22-18)14-8-4-2-5-9-14)20(25)19-15-10-6-3-7-11-17(15)26-23-19/h2,4-5,8-9,12-13H,3,6-7,10-11H2,1H3. The van der Waals surface area contributed by atoms with Crippen LogP contribution < -0.4 is 4.90 Å². The lowest BCUT2D eigenvalue weighted by atomic mass is 10.1. The Morgan fingerprint density at radius 1 is 1.00 bits per heavy atom. The first-order valence-corrected chi connectivity index (χ1v) is 8.88. The van der Waals surface area contributed by atoms with Gasteiger partial charge in [0, 0.05) is 24.6 Å². The van der Waals surface area contributed by atoms with Gasteiger partial charge in [-0.1, -0.05) is 41.9 Å². The highest BCUT2D eigenvalue weighted by molar-refractivity contribution is 6.04. The van der Waals surface area contributed by atoms with Crippen molar-refractivity contribution in [1.29, 1.82) is 0 Å². The average molecular weight is 348 g/mol. The van der Waals surface area contributed by atoms with Crippen LogP contribution in [0.2, 0.25) is 0 Å². The highest BCUT2D eigenvalue weighted by atomic mass is 16.5. The minimum Gasteiger partial charge on any atom is -0.360 e. The predicted molar refractivity (Wildman–Crippen MR) is 98.0 cm³/mol. The number of amides is 1. The van der Waals surface area contributed by atoms with E-state index in [2.05, 4.69) is 15.4 Å². The quantitative estimate of drug-likeness (QED) is 0.675. The SMILES string of the molecule is CN(C(=O)c1noc2c1CCCCC2)c1ccc(-c2ccccc2)nn1. The van der Waals surface area contributed by atoms with Crippen molar-refractivity contribution < 1.29 is 9.32 Å². The van der Waals surface area contributed by atoms with Gasteiger partial charge in [-0.25, -0.2) is 0 Å². The minimum absolute atomic E-state index is 0.210. The second kappa shape index (κ2) is 7.07. The molecular formula is C20H20N4O2. The molecular weight excluding hydrogens is 328 g/mol. The van der Waals surface area contributed by atoms with Crippen LogP contribution in [0.25, 0.3) is 11.3 Å². The summed E-state index contributed by atoms with van der Waals surface area (Å²) in [5.74, 6) is 1.13. The number of anilines is 1. The van der Waals surface area contributed by atoms with Crippen molar-refractivity contribution in [2.75, 3.05) is 11.9 Å². The van der Waals surface area contributed by atoms with E-state index in [1.807, 2.05) is 36.4 Å². The zero-order valence-corrected chi connectivity index (χ0v) is 14.7. The third-order valence-electron chi connectivity index (χ3n) is 4.77. The first-order valence-electron chi connectivity index (χ1n) is 8.88. The van der Waals surface area contributed by atoms with Crippen LogP contribution in [0, 0.1) is 0 Å². The van der Waals surface area contributed by atoms with Crippen LogP contribution in [-0.2, 0) is 12.8 Å². The Balaban J connectivity index is 1.57. The molecule has 1 aliphatic carbocycles. The van der Waals surface area contributed by atoms with Gasteiger partial charge in [-0.15, -0.1) is 10.2 Å². The van der Waals surface area contributed by atoms with E-state index in [1.165, 1.54) is 4.90 Å². The lowest BCUT2D eigenvalue weighted by Crippen LogP contribution is -2.28. The highest BCUT2D eigenvalue weighted by Gasteiger charge is 2.26. The zero-order chi connectivity index (χ0) is 17.9. The van der Waals surface area contributed by atoms with Crippen LogP contribution >= 0.6 is 0 Å². The molecule has 1 aliphatic rings. The molecule has 0 aliphatic heterocycles. The fraction of sp³-hybridized carbons (Fsp3) is 0.300. The number of aryl methyl sites for hydroxylation is 1. The van der Waals surface area contributed by atoms with Crippen LogP contribution in [0.3, 0.4) is 0 Å². The lowest BCUT2D eigenvalue weighted by Gasteiger charge is -2.15. The monoisotopic (exact) mass is 348 g/mol. The number of carbonyl (C=O) groups excluding carboxylic acids is 1. The van der Waals surface area contributed by atoms with Crippen molar-refractivity contribution in [3.05, 3.63) is 59.5 Å². The number of rotatable bonds is 3. The molecule has 6 nitrogen and oxygen atoms in total. The molecule has 0 spiro atoms. The van der Waals surface area contributed by atoms with E-state index in [0.29, 0.717) is 11.5 Å². The topological polar surface area (TPSA) is 72.1 Å². The van der Waals surface area contributed by atoms with Crippen molar-refractivity contribution in [3.63, 3.8) is 0 Å². The second-order valence-electron chi connectivity index (χ2n) is 6.50. The van der Waals surface area contributed by atoms with Crippen molar-refractivity contribution >= 4 is 11.7 Å². The fourth-order valence-corrected chi connectivity index (χ4v) is 3.26. The molecule has 0 saturated carbocycles. The summed E-state index contributed by atoms with van der Waals surface area (Å²) in [4.78, 5) is 14.4. The third kappa shape index (κ3) is 3.10. The number of carbonyl (C=O) groups is 1. The Morgan fingerprint density at radius 3 is 2.58 bits per heavy atom. The normalized spacial score (nSPS) is 13.7. The van der Waals surface area contributed by atoms with Gasteiger partial charge in [0.2, 0.25) is 0 Å². The van der Waals surface area contributed by atoms with Crippen molar-refractivity contribution in [2.24, 2.45) is 0 Å². The maximum absolute atomic E-state index is 12.9. The summed E-state index contributed by atoms with van der Waals surface area (Å²) in [7, 11) is 1.69. The van der Waals surface area contributed by atoms with Crippen molar-refractivity contribution in [1.82, 2.24) is 15.4 Å². The van der Waals surface area contributed by atoms with Crippen LogP contribution in [0.5, 0.6) is 0 Å². The summed E-state index contributed by atoms with van der Waals surface area (Å²) in [6.45, 7) is 0. The highest BCUT2D eigenvalue weighted by Crippen LogP contribution is 2.25. The first kappa shape index (κ1) is 16.4. The van der Waals surface area contributed by atoms with Crippen LogP contribution in [0.15, 0.2) is 47.0 Å². The molecule has 132 valence electrons. The van der Waals surface area contributed by atoms with E-state index >= 15 is 0 Å². The molecule has 0 fully saturated rings. The Hall–Kier alpha value is -3.02. The maximum atomic E-state index is 12.9. The molecule has 2 aromatic heterocycles. The maximum Gasteiger partial charge on any atom is 0.281 e. The van der Waals surface area contributed by atoms with Gasteiger partial charge >= 0.3 is 0 Å². The second-order valence-corrected chi connectivity index (χ2v) is 6.50. The molecule has 0 saturated heterocycles. The largest absolute Gasteiger partial charge is 0.360 e. The summed E-state index contributed by atoms with van der Waals surface area (Å²) in [5, 5.41) is 12.5. The lowest BCUT2D eigenvalue weighted by molar-refractivity contribution is 0.0982. The molecule has 6 heteroatoms. The number of hydrogen-bond acceptors (Lipinski definition) is 5. The number of nitrogens with zero attached hydrogens (tertiary/aromatic N) is 4. The zero-order valence-electron chi connectivity index (χ0n) is 14.7. The van der Waals surface area contributed by atoms with Gasteiger partial charge in [0.05, 0.1) is 5.69 Å². The van der Waals surface area contributed by atoms with Crippen molar-refractivity contribution in [2.45, 2.75) is 32.1 Å². The number of benzene rings is 1. The summed E-state index contributed by atoms with van der Waals surface area (Å²) >= 11 is 0. The number of hydrogen-bond donors (Lipinski definition) is 0. The minimum atomic E-state index is -0.210. The van der Waals surface area contributed by atoms with Gasteiger partial charge in [0.15, 0.2) is 11.5 Å². The van der Waals surface area contributed by atoms with Gasteiger partial charge in [-0.3, -0.25) is 9.69 Å². The average Bonchev–Trinajstić information content (AvgIpc) is 2.96. The molecule has 1 amide bonds.